The molecule has 0 atom stereocenters. The highest BCUT2D eigenvalue weighted by Crippen LogP contribution is 2.37. The summed E-state index contributed by atoms with van der Waals surface area (Å²) in [5, 5.41) is 1.16. The first-order chi connectivity index (χ1) is 11.1. The maximum atomic E-state index is 12.2. The van der Waals surface area contributed by atoms with Crippen molar-refractivity contribution in [3.8, 4) is 0 Å². The molecule has 0 radical (unpaired) electrons. The average Bonchev–Trinajstić information content (AvgIpc) is 2.71. The van der Waals surface area contributed by atoms with Crippen LogP contribution in [-0.2, 0) is 4.74 Å². The highest BCUT2D eigenvalue weighted by Gasteiger charge is 2.24. The molecule has 1 aliphatic heterocycles. The Morgan fingerprint density at radius 2 is 1.96 bits per heavy atom. The number of hydrogen-bond donors (Lipinski definition) is 0. The van der Waals surface area contributed by atoms with E-state index in [1.54, 1.807) is 6.92 Å². The van der Waals surface area contributed by atoms with Gasteiger partial charge in [-0.25, -0.2) is 9.78 Å². The number of aromatic nitrogens is 2. The molecule has 2 aromatic rings. The number of hydrogen-bond acceptors (Lipinski definition) is 6. The quantitative estimate of drug-likeness (QED) is 0.611. The zero-order valence-corrected chi connectivity index (χ0v) is 15.0. The zero-order chi connectivity index (χ0) is 16.4. The molecule has 1 saturated heterocycles. The predicted octanol–water partition coefficient (Wildman–Crippen LogP) is 4.21. The summed E-state index contributed by atoms with van der Waals surface area (Å²) in [5.74, 6) is 0.553. The summed E-state index contributed by atoms with van der Waals surface area (Å²) in [6, 6.07) is 0. The van der Waals surface area contributed by atoms with Crippen LogP contribution in [0.4, 0.5) is 5.82 Å². The van der Waals surface area contributed by atoms with Crippen molar-refractivity contribution >= 4 is 44.9 Å². The fourth-order valence-corrected chi connectivity index (χ4v) is 4.28. The van der Waals surface area contributed by atoms with Crippen LogP contribution in [0, 0.1) is 6.92 Å². The highest BCUT2D eigenvalue weighted by molar-refractivity contribution is 7.20. The summed E-state index contributed by atoms with van der Waals surface area (Å²) in [6.07, 6.45) is 4.79. The number of rotatable bonds is 3. The van der Waals surface area contributed by atoms with E-state index in [-0.39, 0.29) is 11.3 Å². The first-order valence-electron chi connectivity index (χ1n) is 8.00. The maximum absolute atomic E-state index is 12.2. The molecule has 23 heavy (non-hydrogen) atoms. The van der Waals surface area contributed by atoms with Crippen molar-refractivity contribution in [1.29, 1.82) is 0 Å². The fourth-order valence-electron chi connectivity index (χ4n) is 3.00. The van der Waals surface area contributed by atoms with Gasteiger partial charge in [0, 0.05) is 13.1 Å². The fraction of sp³-hybridized carbons (Fsp3) is 0.562. The van der Waals surface area contributed by atoms with Gasteiger partial charge < -0.3 is 9.64 Å². The van der Waals surface area contributed by atoms with Crippen molar-refractivity contribution in [3.63, 3.8) is 0 Å². The summed E-state index contributed by atoms with van der Waals surface area (Å²) >= 11 is 7.46. The highest BCUT2D eigenvalue weighted by atomic mass is 35.5. The summed E-state index contributed by atoms with van der Waals surface area (Å²) in [7, 11) is 0. The van der Waals surface area contributed by atoms with E-state index in [0.717, 1.165) is 47.5 Å². The largest absolute Gasteiger partial charge is 0.462 e. The molecule has 0 amide bonds. The number of carbonyl (C=O) groups excluding carboxylic acids is 1. The van der Waals surface area contributed by atoms with Crippen LogP contribution in [0.2, 0.25) is 5.28 Å². The van der Waals surface area contributed by atoms with Crippen LogP contribution < -0.4 is 4.90 Å². The molecule has 2 aromatic heterocycles. The SMILES string of the molecule is CCOC(=O)c1sc2nc(Cl)nc(N3CCCCCC3)c2c1C. The smallest absolute Gasteiger partial charge is 0.348 e. The minimum absolute atomic E-state index is 0.230. The van der Waals surface area contributed by atoms with Gasteiger partial charge in [-0.15, -0.1) is 11.3 Å². The van der Waals surface area contributed by atoms with E-state index in [2.05, 4.69) is 14.9 Å². The van der Waals surface area contributed by atoms with Gasteiger partial charge in [-0.05, 0) is 43.9 Å². The molecule has 0 N–H and O–H groups in total. The lowest BCUT2D eigenvalue weighted by Crippen LogP contribution is -2.25. The molecular weight excluding hydrogens is 334 g/mol. The lowest BCUT2D eigenvalue weighted by atomic mass is 10.2. The molecule has 1 fully saturated rings. The van der Waals surface area contributed by atoms with Crippen LogP contribution in [0.1, 0.15) is 47.8 Å². The Balaban J connectivity index is 2.11. The van der Waals surface area contributed by atoms with Crippen LogP contribution >= 0.6 is 22.9 Å². The first kappa shape index (κ1) is 16.5. The molecule has 0 aromatic carbocycles. The Morgan fingerprint density at radius 1 is 1.26 bits per heavy atom. The van der Waals surface area contributed by atoms with Crippen molar-refractivity contribution < 1.29 is 9.53 Å². The molecule has 1 aliphatic rings. The molecule has 0 bridgehead atoms. The third-order valence-electron chi connectivity index (χ3n) is 4.11. The number of fused-ring (bicyclic) bond motifs is 1. The minimum atomic E-state index is -0.300. The number of aryl methyl sites for hydroxylation is 1. The summed E-state index contributed by atoms with van der Waals surface area (Å²) in [6.45, 7) is 6.03. The van der Waals surface area contributed by atoms with Crippen molar-refractivity contribution in [2.75, 3.05) is 24.6 Å². The number of ether oxygens (including phenoxy) is 1. The van der Waals surface area contributed by atoms with E-state index in [1.165, 1.54) is 24.2 Å². The number of carbonyl (C=O) groups is 1. The van der Waals surface area contributed by atoms with Crippen LogP contribution in [0.25, 0.3) is 10.2 Å². The predicted molar refractivity (Wildman–Crippen MR) is 93.8 cm³/mol. The molecule has 0 aliphatic carbocycles. The van der Waals surface area contributed by atoms with E-state index >= 15 is 0 Å². The summed E-state index contributed by atoms with van der Waals surface area (Å²) in [4.78, 5) is 24.6. The molecule has 7 heteroatoms. The van der Waals surface area contributed by atoms with E-state index in [9.17, 15) is 4.79 Å². The Hall–Kier alpha value is -1.40. The van der Waals surface area contributed by atoms with E-state index in [1.807, 2.05) is 6.92 Å². The topological polar surface area (TPSA) is 55.3 Å². The van der Waals surface area contributed by atoms with Gasteiger partial charge in [0.25, 0.3) is 0 Å². The molecule has 124 valence electrons. The minimum Gasteiger partial charge on any atom is -0.462 e. The molecule has 3 heterocycles. The van der Waals surface area contributed by atoms with Gasteiger partial charge >= 0.3 is 5.97 Å². The monoisotopic (exact) mass is 353 g/mol. The third kappa shape index (κ3) is 3.28. The van der Waals surface area contributed by atoms with Gasteiger partial charge in [-0.1, -0.05) is 12.8 Å². The second kappa shape index (κ2) is 7.01. The summed E-state index contributed by atoms with van der Waals surface area (Å²) in [5.41, 5.74) is 0.888. The summed E-state index contributed by atoms with van der Waals surface area (Å²) < 4.78 is 5.15. The van der Waals surface area contributed by atoms with Crippen LogP contribution in [0.3, 0.4) is 0 Å². The van der Waals surface area contributed by atoms with Gasteiger partial charge in [0.1, 0.15) is 15.5 Å². The van der Waals surface area contributed by atoms with E-state index in [0.29, 0.717) is 11.5 Å². The van der Waals surface area contributed by atoms with Crippen LogP contribution in [0.15, 0.2) is 0 Å². The van der Waals surface area contributed by atoms with Crippen LogP contribution in [-0.4, -0.2) is 35.6 Å². The average molecular weight is 354 g/mol. The normalized spacial score (nSPS) is 15.7. The molecule has 0 unspecified atom stereocenters. The number of esters is 1. The maximum Gasteiger partial charge on any atom is 0.348 e. The van der Waals surface area contributed by atoms with Crippen molar-refractivity contribution in [3.05, 3.63) is 15.7 Å². The first-order valence-corrected chi connectivity index (χ1v) is 9.20. The van der Waals surface area contributed by atoms with Gasteiger partial charge in [-0.2, -0.15) is 4.98 Å². The Morgan fingerprint density at radius 3 is 2.61 bits per heavy atom. The Labute approximate surface area is 144 Å². The van der Waals surface area contributed by atoms with Gasteiger partial charge in [-0.3, -0.25) is 0 Å². The third-order valence-corrected chi connectivity index (χ3v) is 5.44. The lowest BCUT2D eigenvalue weighted by molar-refractivity contribution is 0.0531. The number of thiophene rings is 1. The lowest BCUT2D eigenvalue weighted by Gasteiger charge is -2.22. The number of halogens is 1. The second-order valence-corrected chi connectivity index (χ2v) is 7.01. The standard InChI is InChI=1S/C16H20ClN3O2S/c1-3-22-15(21)12-10(2)11-13(18-16(17)19-14(11)23-12)20-8-6-4-5-7-9-20/h3-9H2,1-2H3. The van der Waals surface area contributed by atoms with E-state index < -0.39 is 0 Å². The zero-order valence-electron chi connectivity index (χ0n) is 13.4. The second-order valence-electron chi connectivity index (χ2n) is 5.67. The molecule has 0 saturated carbocycles. The Kier molecular flexibility index (Phi) is 5.02. The molecule has 3 rings (SSSR count). The molecule has 0 spiro atoms. The van der Waals surface area contributed by atoms with E-state index in [4.69, 9.17) is 16.3 Å². The van der Waals surface area contributed by atoms with Crippen molar-refractivity contribution in [2.24, 2.45) is 0 Å². The van der Waals surface area contributed by atoms with Gasteiger partial charge in [0.15, 0.2) is 0 Å². The molecule has 5 nitrogen and oxygen atoms in total. The van der Waals surface area contributed by atoms with Gasteiger partial charge in [0.05, 0.1) is 12.0 Å². The Bertz CT molecular complexity index is 724. The van der Waals surface area contributed by atoms with Crippen LogP contribution in [0.5, 0.6) is 0 Å². The van der Waals surface area contributed by atoms with Crippen molar-refractivity contribution in [2.45, 2.75) is 39.5 Å². The van der Waals surface area contributed by atoms with Crippen molar-refractivity contribution in [1.82, 2.24) is 9.97 Å². The number of anilines is 1. The van der Waals surface area contributed by atoms with Gasteiger partial charge in [0.2, 0.25) is 5.28 Å². The molecular formula is C16H20ClN3O2S. The number of nitrogens with zero attached hydrogens (tertiary/aromatic N) is 3.